The second-order valence-electron chi connectivity index (χ2n) is 5.96. The van der Waals surface area contributed by atoms with Crippen LogP contribution < -0.4 is 4.74 Å². The summed E-state index contributed by atoms with van der Waals surface area (Å²) in [6.07, 6.45) is 0. The molecule has 0 aliphatic heterocycles. The zero-order valence-corrected chi connectivity index (χ0v) is 10.7. The van der Waals surface area contributed by atoms with Crippen molar-refractivity contribution < 1.29 is 4.74 Å². The highest BCUT2D eigenvalue weighted by Crippen LogP contribution is 2.32. The van der Waals surface area contributed by atoms with E-state index in [0.717, 1.165) is 5.75 Å². The summed E-state index contributed by atoms with van der Waals surface area (Å²) in [4.78, 5) is 0. The van der Waals surface area contributed by atoms with Gasteiger partial charge in [-0.2, -0.15) is 0 Å². The van der Waals surface area contributed by atoms with Crippen molar-refractivity contribution in [2.45, 2.75) is 52.6 Å². The minimum atomic E-state index is -0.138. The second-order valence-corrected chi connectivity index (χ2v) is 5.96. The van der Waals surface area contributed by atoms with Gasteiger partial charge in [-0.3, -0.25) is 0 Å². The normalized spacial score (nSPS) is 12.7. The van der Waals surface area contributed by atoms with Gasteiger partial charge >= 0.3 is 0 Å². The Morgan fingerprint density at radius 2 is 1.40 bits per heavy atom. The molecule has 0 radical (unpaired) electrons. The van der Waals surface area contributed by atoms with E-state index < -0.39 is 0 Å². The lowest BCUT2D eigenvalue weighted by molar-refractivity contribution is 0.128. The fourth-order valence-corrected chi connectivity index (χ4v) is 1.51. The number of para-hydroxylation sites is 1. The molecule has 0 N–H and O–H groups in total. The third-order valence-electron chi connectivity index (χ3n) is 2.11. The van der Waals surface area contributed by atoms with Crippen molar-refractivity contribution in [1.82, 2.24) is 0 Å². The van der Waals surface area contributed by atoms with Crippen LogP contribution in [0.4, 0.5) is 0 Å². The summed E-state index contributed by atoms with van der Waals surface area (Å²) in [5.74, 6) is 0.998. The molecule has 1 aromatic rings. The standard InChI is InChI=1S/C14H22O/c1-13(2,3)11-9-7-8-10-12(11)15-14(4,5)6/h7-10H,1-6H3. The van der Waals surface area contributed by atoms with E-state index in [4.69, 9.17) is 4.74 Å². The molecule has 0 amide bonds. The van der Waals surface area contributed by atoms with E-state index in [0.29, 0.717) is 0 Å². The highest BCUT2D eigenvalue weighted by Gasteiger charge is 2.21. The molecule has 1 nitrogen and oxygen atoms in total. The summed E-state index contributed by atoms with van der Waals surface area (Å²) in [6, 6.07) is 8.28. The maximum atomic E-state index is 5.96. The lowest BCUT2D eigenvalue weighted by Crippen LogP contribution is -2.25. The molecular weight excluding hydrogens is 184 g/mol. The maximum Gasteiger partial charge on any atom is 0.123 e. The first-order chi connectivity index (χ1) is 6.70. The molecule has 1 aromatic carbocycles. The molecule has 0 aliphatic rings. The highest BCUT2D eigenvalue weighted by molar-refractivity contribution is 5.38. The van der Waals surface area contributed by atoms with Gasteiger partial charge in [-0.15, -0.1) is 0 Å². The fourth-order valence-electron chi connectivity index (χ4n) is 1.51. The molecule has 84 valence electrons. The van der Waals surface area contributed by atoms with Crippen LogP contribution in [0.1, 0.15) is 47.1 Å². The van der Waals surface area contributed by atoms with E-state index in [9.17, 15) is 0 Å². The van der Waals surface area contributed by atoms with Crippen molar-refractivity contribution in [3.8, 4) is 5.75 Å². The van der Waals surface area contributed by atoms with Crippen LogP contribution in [0.3, 0.4) is 0 Å². The topological polar surface area (TPSA) is 9.23 Å². The van der Waals surface area contributed by atoms with E-state index in [2.05, 4.69) is 53.7 Å². The van der Waals surface area contributed by atoms with Gasteiger partial charge in [-0.1, -0.05) is 39.0 Å². The van der Waals surface area contributed by atoms with Gasteiger partial charge in [0.2, 0.25) is 0 Å². The van der Waals surface area contributed by atoms with Gasteiger partial charge in [0, 0.05) is 0 Å². The van der Waals surface area contributed by atoms with Crippen molar-refractivity contribution in [1.29, 1.82) is 0 Å². The fraction of sp³-hybridized carbons (Fsp3) is 0.571. The Balaban J connectivity index is 3.08. The molecule has 0 unspecified atom stereocenters. The Bertz CT molecular complexity index is 326. The summed E-state index contributed by atoms with van der Waals surface area (Å²) in [5, 5.41) is 0. The second kappa shape index (κ2) is 3.88. The number of benzene rings is 1. The molecular formula is C14H22O. The number of hydrogen-bond donors (Lipinski definition) is 0. The monoisotopic (exact) mass is 206 g/mol. The molecule has 0 saturated carbocycles. The predicted octanol–water partition coefficient (Wildman–Crippen LogP) is 4.16. The maximum absolute atomic E-state index is 5.96. The summed E-state index contributed by atoms with van der Waals surface area (Å²) < 4.78 is 5.96. The third-order valence-corrected chi connectivity index (χ3v) is 2.11. The Hall–Kier alpha value is -0.980. The molecule has 0 aliphatic carbocycles. The predicted molar refractivity (Wildman–Crippen MR) is 65.5 cm³/mol. The Morgan fingerprint density at radius 3 is 1.87 bits per heavy atom. The molecule has 0 spiro atoms. The Labute approximate surface area is 93.5 Å². The first-order valence-corrected chi connectivity index (χ1v) is 5.49. The SMILES string of the molecule is CC(C)(C)Oc1ccccc1C(C)(C)C. The summed E-state index contributed by atoms with van der Waals surface area (Å²) in [7, 11) is 0. The lowest BCUT2D eigenvalue weighted by Gasteiger charge is -2.28. The highest BCUT2D eigenvalue weighted by atomic mass is 16.5. The van der Waals surface area contributed by atoms with Gasteiger partial charge in [-0.05, 0) is 37.8 Å². The van der Waals surface area contributed by atoms with Crippen molar-refractivity contribution in [2.24, 2.45) is 0 Å². The number of rotatable bonds is 1. The number of hydrogen-bond acceptors (Lipinski definition) is 1. The van der Waals surface area contributed by atoms with Crippen LogP contribution in [0.15, 0.2) is 24.3 Å². The molecule has 0 bridgehead atoms. The molecule has 0 atom stereocenters. The van der Waals surface area contributed by atoms with Crippen LogP contribution in [0.25, 0.3) is 0 Å². The van der Waals surface area contributed by atoms with Gasteiger partial charge in [0.1, 0.15) is 11.4 Å². The first-order valence-electron chi connectivity index (χ1n) is 5.49. The quantitative estimate of drug-likeness (QED) is 0.670. The van der Waals surface area contributed by atoms with Crippen LogP contribution in [0.5, 0.6) is 5.75 Å². The molecule has 0 aromatic heterocycles. The Morgan fingerprint density at radius 1 is 0.867 bits per heavy atom. The van der Waals surface area contributed by atoms with E-state index >= 15 is 0 Å². The average Bonchev–Trinajstić information content (AvgIpc) is 1.99. The van der Waals surface area contributed by atoms with Crippen LogP contribution in [0.2, 0.25) is 0 Å². The first kappa shape index (κ1) is 12.1. The van der Waals surface area contributed by atoms with E-state index in [1.54, 1.807) is 0 Å². The van der Waals surface area contributed by atoms with Crippen LogP contribution in [-0.4, -0.2) is 5.60 Å². The zero-order chi connectivity index (χ0) is 11.7. The van der Waals surface area contributed by atoms with Gasteiger partial charge in [0.05, 0.1) is 0 Å². The summed E-state index contributed by atoms with van der Waals surface area (Å²) in [5.41, 5.74) is 1.25. The number of ether oxygens (including phenoxy) is 1. The minimum absolute atomic E-state index is 0.127. The van der Waals surface area contributed by atoms with Crippen molar-refractivity contribution >= 4 is 0 Å². The average molecular weight is 206 g/mol. The minimum Gasteiger partial charge on any atom is -0.488 e. The summed E-state index contributed by atoms with van der Waals surface area (Å²) >= 11 is 0. The van der Waals surface area contributed by atoms with Gasteiger partial charge in [0.25, 0.3) is 0 Å². The van der Waals surface area contributed by atoms with Crippen LogP contribution >= 0.6 is 0 Å². The van der Waals surface area contributed by atoms with Crippen molar-refractivity contribution in [2.75, 3.05) is 0 Å². The zero-order valence-electron chi connectivity index (χ0n) is 10.7. The van der Waals surface area contributed by atoms with Crippen molar-refractivity contribution in [3.05, 3.63) is 29.8 Å². The third kappa shape index (κ3) is 3.58. The largest absolute Gasteiger partial charge is 0.488 e. The molecule has 15 heavy (non-hydrogen) atoms. The van der Waals surface area contributed by atoms with Gasteiger partial charge in [0.15, 0.2) is 0 Å². The molecule has 0 heterocycles. The van der Waals surface area contributed by atoms with Crippen LogP contribution in [-0.2, 0) is 5.41 Å². The summed E-state index contributed by atoms with van der Waals surface area (Å²) in [6.45, 7) is 12.8. The molecule has 1 rings (SSSR count). The van der Waals surface area contributed by atoms with Crippen LogP contribution in [0, 0.1) is 0 Å². The van der Waals surface area contributed by atoms with Gasteiger partial charge < -0.3 is 4.74 Å². The smallest absolute Gasteiger partial charge is 0.123 e. The lowest BCUT2D eigenvalue weighted by atomic mass is 9.86. The van der Waals surface area contributed by atoms with Crippen molar-refractivity contribution in [3.63, 3.8) is 0 Å². The molecule has 0 saturated heterocycles. The molecule has 1 heteroatoms. The van der Waals surface area contributed by atoms with E-state index in [-0.39, 0.29) is 11.0 Å². The Kier molecular flexibility index (Phi) is 3.13. The van der Waals surface area contributed by atoms with Gasteiger partial charge in [-0.25, -0.2) is 0 Å². The van der Waals surface area contributed by atoms with E-state index in [1.807, 2.05) is 12.1 Å². The van der Waals surface area contributed by atoms with E-state index in [1.165, 1.54) is 5.56 Å². The molecule has 0 fully saturated rings.